The molecule has 1 aromatic carbocycles. The number of aryl methyl sites for hydroxylation is 2. The van der Waals surface area contributed by atoms with Gasteiger partial charge in [-0.3, -0.25) is 9.36 Å². The summed E-state index contributed by atoms with van der Waals surface area (Å²) in [6.45, 7) is 8.00. The molecule has 2 N–H and O–H groups in total. The van der Waals surface area contributed by atoms with Crippen molar-refractivity contribution in [2.24, 2.45) is 0 Å². The van der Waals surface area contributed by atoms with Gasteiger partial charge >= 0.3 is 5.97 Å². The summed E-state index contributed by atoms with van der Waals surface area (Å²) < 4.78 is 6.99. The Labute approximate surface area is 118 Å². The van der Waals surface area contributed by atoms with E-state index in [4.69, 9.17) is 10.5 Å². The summed E-state index contributed by atoms with van der Waals surface area (Å²) >= 11 is 0. The number of imidazole rings is 1. The molecule has 0 saturated heterocycles. The van der Waals surface area contributed by atoms with Crippen LogP contribution in [0.1, 0.15) is 31.4 Å². The van der Waals surface area contributed by atoms with Gasteiger partial charge in [-0.15, -0.1) is 0 Å². The number of fused-ring (bicyclic) bond motifs is 1. The third kappa shape index (κ3) is 2.76. The zero-order chi connectivity index (χ0) is 14.9. The molecule has 2 aromatic rings. The van der Waals surface area contributed by atoms with Crippen molar-refractivity contribution >= 4 is 23.0 Å². The Morgan fingerprint density at radius 2 is 2.05 bits per heavy atom. The Morgan fingerprint density at radius 1 is 1.40 bits per heavy atom. The van der Waals surface area contributed by atoms with Crippen molar-refractivity contribution in [2.45, 2.75) is 46.8 Å². The fourth-order valence-electron chi connectivity index (χ4n) is 2.04. The van der Waals surface area contributed by atoms with Gasteiger partial charge in [-0.1, -0.05) is 6.92 Å². The fraction of sp³-hybridized carbons (Fsp3) is 0.467. The van der Waals surface area contributed by atoms with Gasteiger partial charge in [0.15, 0.2) is 0 Å². The molecular weight excluding hydrogens is 254 g/mol. The molecule has 0 aliphatic heterocycles. The monoisotopic (exact) mass is 275 g/mol. The van der Waals surface area contributed by atoms with Gasteiger partial charge in [0.1, 0.15) is 6.54 Å². The minimum Gasteiger partial charge on any atom is -0.461 e. The van der Waals surface area contributed by atoms with E-state index in [1.165, 1.54) is 0 Å². The number of rotatable bonds is 4. The van der Waals surface area contributed by atoms with Gasteiger partial charge in [-0.2, -0.15) is 0 Å². The molecule has 1 unspecified atom stereocenters. The average Bonchev–Trinajstić information content (AvgIpc) is 2.66. The van der Waals surface area contributed by atoms with E-state index in [9.17, 15) is 4.79 Å². The van der Waals surface area contributed by atoms with E-state index in [-0.39, 0.29) is 18.6 Å². The Bertz CT molecular complexity index is 646. The first-order valence-electron chi connectivity index (χ1n) is 6.84. The van der Waals surface area contributed by atoms with Crippen LogP contribution < -0.4 is 5.73 Å². The number of aromatic nitrogens is 2. The first-order chi connectivity index (χ1) is 9.42. The van der Waals surface area contributed by atoms with Gasteiger partial charge in [0.2, 0.25) is 5.95 Å². The molecular formula is C15H21N3O2. The van der Waals surface area contributed by atoms with Gasteiger partial charge in [0, 0.05) is 0 Å². The van der Waals surface area contributed by atoms with Crippen molar-refractivity contribution in [1.82, 2.24) is 9.55 Å². The van der Waals surface area contributed by atoms with Crippen molar-refractivity contribution in [3.8, 4) is 0 Å². The minimum atomic E-state index is -0.288. The second-order valence-corrected chi connectivity index (χ2v) is 5.19. The maximum atomic E-state index is 11.9. The Morgan fingerprint density at radius 3 is 2.70 bits per heavy atom. The predicted molar refractivity (Wildman–Crippen MR) is 79.5 cm³/mol. The lowest BCUT2D eigenvalue weighted by atomic mass is 10.1. The van der Waals surface area contributed by atoms with E-state index in [2.05, 4.69) is 4.98 Å². The van der Waals surface area contributed by atoms with Crippen LogP contribution in [0.2, 0.25) is 0 Å². The molecule has 108 valence electrons. The summed E-state index contributed by atoms with van der Waals surface area (Å²) in [4.78, 5) is 16.2. The summed E-state index contributed by atoms with van der Waals surface area (Å²) in [7, 11) is 0. The van der Waals surface area contributed by atoms with Gasteiger partial charge in [-0.05, 0) is 50.5 Å². The molecule has 5 nitrogen and oxygen atoms in total. The largest absolute Gasteiger partial charge is 0.461 e. The molecule has 5 heteroatoms. The number of nitrogens with two attached hydrogens (primary N) is 1. The molecule has 20 heavy (non-hydrogen) atoms. The summed E-state index contributed by atoms with van der Waals surface area (Å²) in [5.41, 5.74) is 9.89. The second kappa shape index (κ2) is 5.53. The van der Waals surface area contributed by atoms with Crippen LogP contribution in [-0.4, -0.2) is 21.6 Å². The molecule has 0 amide bonds. The van der Waals surface area contributed by atoms with Crippen molar-refractivity contribution in [3.63, 3.8) is 0 Å². The fourth-order valence-corrected chi connectivity index (χ4v) is 2.04. The van der Waals surface area contributed by atoms with E-state index in [1.54, 1.807) is 4.57 Å². The van der Waals surface area contributed by atoms with E-state index in [1.807, 2.05) is 39.8 Å². The average molecular weight is 275 g/mol. The van der Waals surface area contributed by atoms with Crippen LogP contribution in [0.5, 0.6) is 0 Å². The Kier molecular flexibility index (Phi) is 3.97. The minimum absolute atomic E-state index is 0.0810. The van der Waals surface area contributed by atoms with Crippen LogP contribution in [0.4, 0.5) is 5.95 Å². The van der Waals surface area contributed by atoms with Crippen molar-refractivity contribution in [1.29, 1.82) is 0 Å². The molecule has 0 fully saturated rings. The van der Waals surface area contributed by atoms with E-state index in [0.29, 0.717) is 5.95 Å². The molecule has 1 atom stereocenters. The molecule has 1 aromatic heterocycles. The predicted octanol–water partition coefficient (Wildman–Crippen LogP) is 2.58. The van der Waals surface area contributed by atoms with Gasteiger partial charge < -0.3 is 10.5 Å². The molecule has 1 heterocycles. The first kappa shape index (κ1) is 14.4. The van der Waals surface area contributed by atoms with Crippen LogP contribution in [0.15, 0.2) is 12.1 Å². The number of hydrogen-bond donors (Lipinski definition) is 1. The molecule has 0 bridgehead atoms. The maximum absolute atomic E-state index is 11.9. The third-order valence-corrected chi connectivity index (χ3v) is 3.59. The highest BCUT2D eigenvalue weighted by Crippen LogP contribution is 2.22. The summed E-state index contributed by atoms with van der Waals surface area (Å²) in [5, 5.41) is 0. The smallest absolute Gasteiger partial charge is 0.326 e. The number of carbonyl (C=O) groups excluding carboxylic acids is 1. The highest BCUT2D eigenvalue weighted by molar-refractivity contribution is 5.82. The number of anilines is 1. The molecule has 2 rings (SSSR count). The Balaban J connectivity index is 2.32. The number of nitrogens with zero attached hydrogens (tertiary/aromatic N) is 2. The molecule has 0 aliphatic rings. The number of hydrogen-bond acceptors (Lipinski definition) is 4. The summed E-state index contributed by atoms with van der Waals surface area (Å²) in [6.07, 6.45) is 0.715. The highest BCUT2D eigenvalue weighted by Gasteiger charge is 2.15. The number of nitrogen functional groups attached to an aromatic ring is 1. The first-order valence-corrected chi connectivity index (χ1v) is 6.84. The van der Waals surface area contributed by atoms with Crippen LogP contribution in [0.3, 0.4) is 0 Å². The van der Waals surface area contributed by atoms with Crippen LogP contribution in [-0.2, 0) is 16.1 Å². The molecule has 0 radical (unpaired) electrons. The lowest BCUT2D eigenvalue weighted by Crippen LogP contribution is -2.19. The number of carbonyl (C=O) groups is 1. The standard InChI is InChI=1S/C15H21N3O2/c1-5-11(4)20-14(19)8-18-13-7-10(3)9(2)6-12(13)17-15(18)16/h6-7,11H,5,8H2,1-4H3,(H2,16,17). The van der Waals surface area contributed by atoms with Crippen molar-refractivity contribution < 1.29 is 9.53 Å². The van der Waals surface area contributed by atoms with Crippen molar-refractivity contribution in [2.75, 3.05) is 5.73 Å². The maximum Gasteiger partial charge on any atom is 0.326 e. The van der Waals surface area contributed by atoms with Gasteiger partial charge in [0.25, 0.3) is 0 Å². The van der Waals surface area contributed by atoms with Crippen LogP contribution in [0.25, 0.3) is 11.0 Å². The van der Waals surface area contributed by atoms with Crippen molar-refractivity contribution in [3.05, 3.63) is 23.3 Å². The molecule has 0 saturated carbocycles. The molecule has 0 spiro atoms. The van der Waals surface area contributed by atoms with Gasteiger partial charge in [0.05, 0.1) is 17.1 Å². The van der Waals surface area contributed by atoms with Gasteiger partial charge in [-0.25, -0.2) is 4.98 Å². The van der Waals surface area contributed by atoms with E-state index < -0.39 is 0 Å². The summed E-state index contributed by atoms with van der Waals surface area (Å²) in [6, 6.07) is 3.99. The number of esters is 1. The zero-order valence-corrected chi connectivity index (χ0v) is 12.4. The van der Waals surface area contributed by atoms with E-state index in [0.717, 1.165) is 28.6 Å². The quantitative estimate of drug-likeness (QED) is 0.871. The number of benzene rings is 1. The SMILES string of the molecule is CCC(C)OC(=O)Cn1c(N)nc2cc(C)c(C)cc21. The van der Waals surface area contributed by atoms with E-state index >= 15 is 0 Å². The normalized spacial score (nSPS) is 12.6. The number of ether oxygens (including phenoxy) is 1. The van der Waals surface area contributed by atoms with Crippen LogP contribution >= 0.6 is 0 Å². The Hall–Kier alpha value is -2.04. The van der Waals surface area contributed by atoms with Crippen LogP contribution in [0, 0.1) is 13.8 Å². The summed E-state index contributed by atoms with van der Waals surface area (Å²) in [5.74, 6) is 0.0506. The second-order valence-electron chi connectivity index (χ2n) is 5.19. The lowest BCUT2D eigenvalue weighted by molar-refractivity contribution is -0.148. The zero-order valence-electron chi connectivity index (χ0n) is 12.4. The topological polar surface area (TPSA) is 70.1 Å². The highest BCUT2D eigenvalue weighted by atomic mass is 16.5. The lowest BCUT2D eigenvalue weighted by Gasteiger charge is -2.12. The third-order valence-electron chi connectivity index (χ3n) is 3.59. The molecule has 0 aliphatic carbocycles.